The lowest BCUT2D eigenvalue weighted by molar-refractivity contribution is -0.145. The first kappa shape index (κ1) is 13.1. The van der Waals surface area contributed by atoms with Gasteiger partial charge in [-0.1, -0.05) is 0 Å². The molecule has 112 valence electrons. The fourth-order valence-electron chi connectivity index (χ4n) is 3.66. The lowest BCUT2D eigenvalue weighted by Crippen LogP contribution is -2.60. The fraction of sp³-hybridized carbons (Fsp3) is 0.571. The Labute approximate surface area is 119 Å². The van der Waals surface area contributed by atoms with Gasteiger partial charge in [-0.25, -0.2) is 0 Å². The van der Waals surface area contributed by atoms with Crippen LogP contribution in [0.3, 0.4) is 0 Å². The van der Waals surface area contributed by atoms with Gasteiger partial charge in [-0.05, 0) is 48.3 Å². The van der Waals surface area contributed by atoms with Crippen LogP contribution in [0.2, 0.25) is 0 Å². The maximum atomic E-state index is 12.7. The summed E-state index contributed by atoms with van der Waals surface area (Å²) in [6.45, 7) is 2.23. The molecule has 4 nitrogen and oxygen atoms in total. The lowest BCUT2D eigenvalue weighted by Gasteiger charge is -2.54. The number of halogens is 3. The van der Waals surface area contributed by atoms with Gasteiger partial charge in [0.05, 0.1) is 0 Å². The van der Waals surface area contributed by atoms with Crippen LogP contribution in [-0.2, 0) is 12.6 Å². The minimum Gasteiger partial charge on any atom is -0.316 e. The number of nitrogens with one attached hydrogen (secondary N) is 1. The quantitative estimate of drug-likeness (QED) is 0.924. The molecule has 0 bridgehead atoms. The molecule has 0 radical (unpaired) electrons. The zero-order chi connectivity index (χ0) is 14.7. The summed E-state index contributed by atoms with van der Waals surface area (Å²) < 4.78 is 39.2. The number of fused-ring (bicyclic) bond motifs is 1. The van der Waals surface area contributed by atoms with Crippen LogP contribution in [0.4, 0.5) is 13.2 Å². The summed E-state index contributed by atoms with van der Waals surface area (Å²) in [4.78, 5) is 0. The van der Waals surface area contributed by atoms with Crippen LogP contribution in [0.15, 0.2) is 18.3 Å². The van der Waals surface area contributed by atoms with E-state index in [1.165, 1.54) is 19.0 Å². The Hall–Kier alpha value is -1.63. The van der Waals surface area contributed by atoms with Crippen molar-refractivity contribution < 1.29 is 13.2 Å². The number of pyridine rings is 1. The molecule has 1 N–H and O–H groups in total. The molecule has 21 heavy (non-hydrogen) atoms. The van der Waals surface area contributed by atoms with Crippen LogP contribution in [0.5, 0.6) is 0 Å². The largest absolute Gasteiger partial charge is 0.452 e. The van der Waals surface area contributed by atoms with E-state index in [-0.39, 0.29) is 5.65 Å². The van der Waals surface area contributed by atoms with Gasteiger partial charge in [-0.15, -0.1) is 10.2 Å². The van der Waals surface area contributed by atoms with Gasteiger partial charge >= 0.3 is 6.18 Å². The van der Waals surface area contributed by atoms with E-state index in [2.05, 4.69) is 15.5 Å². The van der Waals surface area contributed by atoms with Crippen LogP contribution >= 0.6 is 0 Å². The molecular formula is C14H15F3N4. The number of hydrogen-bond donors (Lipinski definition) is 1. The maximum absolute atomic E-state index is 12.7. The number of aromatic nitrogens is 3. The average molecular weight is 296 g/mol. The number of alkyl halides is 3. The van der Waals surface area contributed by atoms with Gasteiger partial charge in [0.1, 0.15) is 0 Å². The Kier molecular flexibility index (Phi) is 2.61. The molecule has 0 aromatic carbocycles. The molecular weight excluding hydrogens is 281 g/mol. The van der Waals surface area contributed by atoms with Crippen molar-refractivity contribution in [3.63, 3.8) is 0 Å². The van der Waals surface area contributed by atoms with Crippen molar-refractivity contribution >= 4 is 5.65 Å². The SMILES string of the molecule is FC(F)(F)c1nnc2cc(CC3CC4(CNC4)C3)ccn12. The molecule has 2 aromatic heterocycles. The highest BCUT2D eigenvalue weighted by molar-refractivity contribution is 5.41. The molecule has 1 saturated carbocycles. The first-order chi connectivity index (χ1) is 9.95. The smallest absolute Gasteiger partial charge is 0.316 e. The van der Waals surface area contributed by atoms with Crippen molar-refractivity contribution in [1.29, 1.82) is 0 Å². The molecule has 3 heterocycles. The first-order valence-corrected chi connectivity index (χ1v) is 7.07. The molecule has 1 saturated heterocycles. The number of rotatable bonds is 2. The van der Waals surface area contributed by atoms with E-state index in [0.717, 1.165) is 29.5 Å². The van der Waals surface area contributed by atoms with Crippen LogP contribution in [0.25, 0.3) is 5.65 Å². The van der Waals surface area contributed by atoms with Crippen LogP contribution in [0.1, 0.15) is 24.2 Å². The Balaban J connectivity index is 1.52. The number of nitrogens with zero attached hydrogens (tertiary/aromatic N) is 3. The zero-order valence-corrected chi connectivity index (χ0v) is 11.3. The molecule has 1 spiro atoms. The Morgan fingerprint density at radius 2 is 2.05 bits per heavy atom. The maximum Gasteiger partial charge on any atom is 0.452 e. The molecule has 0 amide bonds. The summed E-state index contributed by atoms with van der Waals surface area (Å²) in [6.07, 6.45) is 0.287. The van der Waals surface area contributed by atoms with E-state index in [1.807, 2.05) is 0 Å². The van der Waals surface area contributed by atoms with Crippen LogP contribution < -0.4 is 5.32 Å². The van der Waals surface area contributed by atoms with E-state index in [9.17, 15) is 13.2 Å². The molecule has 2 fully saturated rings. The lowest BCUT2D eigenvalue weighted by atomic mass is 9.57. The Bertz CT molecular complexity index is 679. The van der Waals surface area contributed by atoms with Gasteiger partial charge < -0.3 is 5.32 Å². The molecule has 2 aromatic rings. The van der Waals surface area contributed by atoms with Crippen molar-refractivity contribution in [2.75, 3.05) is 13.1 Å². The molecule has 1 aliphatic heterocycles. The summed E-state index contributed by atoms with van der Waals surface area (Å²) in [5, 5.41) is 10.2. The first-order valence-electron chi connectivity index (χ1n) is 7.07. The highest BCUT2D eigenvalue weighted by Crippen LogP contribution is 2.49. The topological polar surface area (TPSA) is 42.2 Å². The zero-order valence-electron chi connectivity index (χ0n) is 11.3. The minimum atomic E-state index is -4.47. The van der Waals surface area contributed by atoms with Crippen molar-refractivity contribution in [2.24, 2.45) is 11.3 Å². The summed E-state index contributed by atoms with van der Waals surface area (Å²) in [5.41, 5.74) is 1.82. The van der Waals surface area contributed by atoms with Gasteiger partial charge in [0.25, 0.3) is 0 Å². The average Bonchev–Trinajstić information content (AvgIpc) is 2.73. The third-order valence-corrected chi connectivity index (χ3v) is 4.70. The monoisotopic (exact) mass is 296 g/mol. The summed E-state index contributed by atoms with van der Waals surface area (Å²) in [7, 11) is 0. The second-order valence-electron chi connectivity index (χ2n) is 6.37. The van der Waals surface area contributed by atoms with Gasteiger partial charge in [-0.3, -0.25) is 4.40 Å². The fourth-order valence-corrected chi connectivity index (χ4v) is 3.66. The van der Waals surface area contributed by atoms with Crippen molar-refractivity contribution in [3.05, 3.63) is 29.7 Å². The van der Waals surface area contributed by atoms with E-state index < -0.39 is 12.0 Å². The van der Waals surface area contributed by atoms with Gasteiger partial charge in [0.15, 0.2) is 5.65 Å². The van der Waals surface area contributed by atoms with Crippen molar-refractivity contribution in [2.45, 2.75) is 25.4 Å². The van der Waals surface area contributed by atoms with Gasteiger partial charge in [0.2, 0.25) is 5.82 Å². The standard InChI is InChI=1S/C14H15F3N4/c15-14(16,17)12-20-19-11-4-9(1-2-21(11)12)3-10-5-13(6-10)7-18-8-13/h1-2,4,10,18H,3,5-8H2. The minimum absolute atomic E-state index is 0.263. The Morgan fingerprint density at radius 1 is 1.29 bits per heavy atom. The third-order valence-electron chi connectivity index (χ3n) is 4.70. The Morgan fingerprint density at radius 3 is 2.67 bits per heavy atom. The van der Waals surface area contributed by atoms with Crippen molar-refractivity contribution in [3.8, 4) is 0 Å². The summed E-state index contributed by atoms with van der Waals surface area (Å²) in [6, 6.07) is 3.46. The number of hydrogen-bond acceptors (Lipinski definition) is 3. The predicted octanol–water partition coefficient (Wildman–Crippen LogP) is 2.29. The molecule has 7 heteroatoms. The molecule has 0 unspecified atom stereocenters. The second kappa shape index (κ2) is 4.19. The van der Waals surface area contributed by atoms with Crippen LogP contribution in [-0.4, -0.2) is 27.7 Å². The van der Waals surface area contributed by atoms with Crippen LogP contribution in [0, 0.1) is 11.3 Å². The summed E-state index contributed by atoms with van der Waals surface area (Å²) >= 11 is 0. The summed E-state index contributed by atoms with van der Waals surface area (Å²) in [5.74, 6) is -0.327. The van der Waals surface area contributed by atoms with E-state index in [1.54, 1.807) is 12.1 Å². The normalized spacial score (nSPS) is 21.5. The van der Waals surface area contributed by atoms with Gasteiger partial charge in [-0.2, -0.15) is 13.2 Å². The highest BCUT2D eigenvalue weighted by atomic mass is 19.4. The molecule has 2 aliphatic rings. The van der Waals surface area contributed by atoms with E-state index in [0.29, 0.717) is 11.3 Å². The van der Waals surface area contributed by atoms with Gasteiger partial charge in [0, 0.05) is 19.3 Å². The molecule has 4 rings (SSSR count). The third kappa shape index (κ3) is 2.10. The predicted molar refractivity (Wildman–Crippen MR) is 69.7 cm³/mol. The van der Waals surface area contributed by atoms with E-state index in [4.69, 9.17) is 0 Å². The second-order valence-corrected chi connectivity index (χ2v) is 6.37. The van der Waals surface area contributed by atoms with E-state index >= 15 is 0 Å². The molecule has 1 aliphatic carbocycles. The highest BCUT2D eigenvalue weighted by Gasteiger charge is 2.47. The molecule has 0 atom stereocenters. The van der Waals surface area contributed by atoms with Crippen molar-refractivity contribution in [1.82, 2.24) is 19.9 Å².